The molecule has 0 radical (unpaired) electrons. The Bertz CT molecular complexity index is 2300. The maximum absolute atomic E-state index is 13.3. The van der Waals surface area contributed by atoms with Crippen LogP contribution in [-0.4, -0.2) is 72.6 Å². The summed E-state index contributed by atoms with van der Waals surface area (Å²) in [4.78, 5) is 26.0. The van der Waals surface area contributed by atoms with Gasteiger partial charge in [-0.1, -0.05) is 53.8 Å². The standard InChI is InChI=1S/C42H43N5O8/c1-46-25-31(33-11-6-7-12-35(33)46)23-34(43)42(49)54-18-17-32-26-47(45-44-32)24-29-9-8-10-30(19-29)41(48)55-37-20-27(15-16-36(37)50-2)13-14-28-21-38(51-3)40(53-5)39(22-28)52-4/h6-16,19-22,25-26,34H,17-18,23-24,43H2,1-5H3/b14-13-/t34-/m1/s1. The zero-order valence-electron chi connectivity index (χ0n) is 31.4. The fourth-order valence-electron chi connectivity index (χ4n) is 6.21. The number of nitrogens with two attached hydrogens (primary N) is 1. The van der Waals surface area contributed by atoms with Gasteiger partial charge in [-0.3, -0.25) is 4.79 Å². The molecule has 0 bridgehead atoms. The number of aryl methyl sites for hydroxylation is 1. The number of para-hydroxylation sites is 1. The van der Waals surface area contributed by atoms with Crippen molar-refractivity contribution in [3.05, 3.63) is 125 Å². The molecule has 2 N–H and O–H groups in total. The van der Waals surface area contributed by atoms with Crippen molar-refractivity contribution in [2.45, 2.75) is 25.4 Å². The van der Waals surface area contributed by atoms with Crippen molar-refractivity contribution in [3.8, 4) is 28.7 Å². The molecular weight excluding hydrogens is 702 g/mol. The van der Waals surface area contributed by atoms with Crippen LogP contribution in [0.5, 0.6) is 28.7 Å². The Hall–Kier alpha value is -6.60. The highest BCUT2D eigenvalue weighted by Gasteiger charge is 2.19. The van der Waals surface area contributed by atoms with Crippen LogP contribution in [0.4, 0.5) is 0 Å². The van der Waals surface area contributed by atoms with Gasteiger partial charge in [0.25, 0.3) is 0 Å². The lowest BCUT2D eigenvalue weighted by Gasteiger charge is -2.13. The van der Waals surface area contributed by atoms with Gasteiger partial charge in [0.2, 0.25) is 5.75 Å². The van der Waals surface area contributed by atoms with E-state index < -0.39 is 18.0 Å². The Kier molecular flexibility index (Phi) is 12.1. The monoisotopic (exact) mass is 745 g/mol. The molecule has 13 heteroatoms. The summed E-state index contributed by atoms with van der Waals surface area (Å²) in [5, 5.41) is 9.50. The lowest BCUT2D eigenvalue weighted by atomic mass is 10.1. The van der Waals surface area contributed by atoms with Crippen molar-refractivity contribution in [1.82, 2.24) is 19.6 Å². The molecule has 2 heterocycles. The zero-order chi connectivity index (χ0) is 38.9. The number of methoxy groups -OCH3 is 4. The first-order chi connectivity index (χ1) is 26.7. The summed E-state index contributed by atoms with van der Waals surface area (Å²) in [5.41, 5.74) is 11.7. The molecule has 0 saturated carbocycles. The lowest BCUT2D eigenvalue weighted by Crippen LogP contribution is -2.34. The minimum atomic E-state index is -0.789. The number of ether oxygens (including phenoxy) is 6. The summed E-state index contributed by atoms with van der Waals surface area (Å²) >= 11 is 0. The first kappa shape index (κ1) is 38.1. The molecule has 0 amide bonds. The third-order valence-corrected chi connectivity index (χ3v) is 8.96. The molecule has 0 aliphatic heterocycles. The number of rotatable bonds is 16. The molecule has 55 heavy (non-hydrogen) atoms. The maximum atomic E-state index is 13.3. The van der Waals surface area contributed by atoms with Gasteiger partial charge in [0.05, 0.1) is 52.8 Å². The van der Waals surface area contributed by atoms with Crippen LogP contribution in [0.3, 0.4) is 0 Å². The molecule has 1 atom stereocenters. The van der Waals surface area contributed by atoms with Crippen molar-refractivity contribution in [2.75, 3.05) is 35.0 Å². The summed E-state index contributed by atoms with van der Waals surface area (Å²) in [6.07, 6.45) is 8.27. The van der Waals surface area contributed by atoms with Crippen molar-refractivity contribution < 1.29 is 38.0 Å². The van der Waals surface area contributed by atoms with Crippen LogP contribution in [0, 0.1) is 0 Å². The number of benzene rings is 4. The van der Waals surface area contributed by atoms with Gasteiger partial charge in [0.1, 0.15) is 6.04 Å². The summed E-state index contributed by atoms with van der Waals surface area (Å²) < 4.78 is 36.8. The molecular formula is C42H43N5O8. The van der Waals surface area contributed by atoms with Gasteiger partial charge in [-0.2, -0.15) is 0 Å². The molecule has 0 unspecified atom stereocenters. The van der Waals surface area contributed by atoms with E-state index in [1.807, 2.05) is 78.5 Å². The second-order valence-electron chi connectivity index (χ2n) is 12.7. The molecule has 13 nitrogen and oxygen atoms in total. The summed E-state index contributed by atoms with van der Waals surface area (Å²) in [6.45, 7) is 0.474. The molecule has 0 spiro atoms. The smallest absolute Gasteiger partial charge is 0.343 e. The number of hydrogen-bond donors (Lipinski definition) is 1. The Morgan fingerprint density at radius 3 is 2.27 bits per heavy atom. The summed E-state index contributed by atoms with van der Waals surface area (Å²) in [7, 11) is 8.15. The highest BCUT2D eigenvalue weighted by atomic mass is 16.6. The number of esters is 2. The zero-order valence-corrected chi connectivity index (χ0v) is 31.4. The second-order valence-corrected chi connectivity index (χ2v) is 12.7. The number of nitrogens with zero attached hydrogens (tertiary/aromatic N) is 4. The third-order valence-electron chi connectivity index (χ3n) is 8.96. The number of fused-ring (bicyclic) bond motifs is 1. The van der Waals surface area contributed by atoms with E-state index in [0.29, 0.717) is 53.6 Å². The van der Waals surface area contributed by atoms with Gasteiger partial charge in [-0.05, 0) is 64.7 Å². The predicted octanol–water partition coefficient (Wildman–Crippen LogP) is 5.90. The van der Waals surface area contributed by atoms with Gasteiger partial charge >= 0.3 is 11.9 Å². The summed E-state index contributed by atoms with van der Waals surface area (Å²) in [6, 6.07) is 23.3. The van der Waals surface area contributed by atoms with E-state index in [2.05, 4.69) is 10.3 Å². The average molecular weight is 746 g/mol. The maximum Gasteiger partial charge on any atom is 0.343 e. The van der Waals surface area contributed by atoms with Crippen LogP contribution in [0.15, 0.2) is 91.3 Å². The topological polar surface area (TPSA) is 151 Å². The van der Waals surface area contributed by atoms with Crippen LogP contribution in [-0.2, 0) is 36.0 Å². The Labute approximate surface area is 318 Å². The minimum absolute atomic E-state index is 0.119. The van der Waals surface area contributed by atoms with E-state index >= 15 is 0 Å². The molecule has 0 saturated heterocycles. The van der Waals surface area contributed by atoms with E-state index in [9.17, 15) is 9.59 Å². The van der Waals surface area contributed by atoms with Crippen LogP contribution in [0.2, 0.25) is 0 Å². The fourth-order valence-corrected chi connectivity index (χ4v) is 6.21. The molecule has 2 aromatic heterocycles. The van der Waals surface area contributed by atoms with E-state index in [0.717, 1.165) is 33.2 Å². The second kappa shape index (κ2) is 17.5. The average Bonchev–Trinajstić information content (AvgIpc) is 3.79. The van der Waals surface area contributed by atoms with Crippen molar-refractivity contribution >= 4 is 35.0 Å². The Balaban J connectivity index is 1.04. The predicted molar refractivity (Wildman–Crippen MR) is 208 cm³/mol. The minimum Gasteiger partial charge on any atom is -0.493 e. The molecule has 4 aromatic carbocycles. The highest BCUT2D eigenvalue weighted by Crippen LogP contribution is 2.39. The number of carbonyl (C=O) groups is 2. The summed E-state index contributed by atoms with van der Waals surface area (Å²) in [5.74, 6) is 1.21. The largest absolute Gasteiger partial charge is 0.493 e. The third kappa shape index (κ3) is 9.14. The number of aromatic nitrogens is 4. The van der Waals surface area contributed by atoms with Crippen LogP contribution < -0.4 is 29.4 Å². The number of carbonyl (C=O) groups excluding carboxylic acids is 2. The first-order valence-electron chi connectivity index (χ1n) is 17.5. The molecule has 284 valence electrons. The van der Waals surface area contributed by atoms with E-state index in [1.54, 1.807) is 62.5 Å². The van der Waals surface area contributed by atoms with Gasteiger partial charge < -0.3 is 38.7 Å². The van der Waals surface area contributed by atoms with E-state index in [4.69, 9.17) is 34.2 Å². The molecule has 6 rings (SSSR count). The molecule has 0 aliphatic rings. The van der Waals surface area contributed by atoms with E-state index in [1.165, 1.54) is 7.11 Å². The first-order valence-corrected chi connectivity index (χ1v) is 17.5. The number of hydrogen-bond acceptors (Lipinski definition) is 11. The fraction of sp³-hybridized carbons (Fsp3) is 0.238. The van der Waals surface area contributed by atoms with Crippen molar-refractivity contribution in [3.63, 3.8) is 0 Å². The van der Waals surface area contributed by atoms with Gasteiger partial charge in [0, 0.05) is 43.2 Å². The Morgan fingerprint density at radius 2 is 1.53 bits per heavy atom. The van der Waals surface area contributed by atoms with Gasteiger partial charge in [-0.15, -0.1) is 5.10 Å². The van der Waals surface area contributed by atoms with E-state index in [-0.39, 0.29) is 12.4 Å². The quantitative estimate of drug-likeness (QED) is 0.0717. The van der Waals surface area contributed by atoms with Crippen molar-refractivity contribution in [2.24, 2.45) is 12.8 Å². The molecule has 0 aliphatic carbocycles. The van der Waals surface area contributed by atoms with Crippen molar-refractivity contribution in [1.29, 1.82) is 0 Å². The molecule has 6 aromatic rings. The highest BCUT2D eigenvalue weighted by molar-refractivity contribution is 5.92. The van der Waals surface area contributed by atoms with Gasteiger partial charge in [-0.25, -0.2) is 9.48 Å². The normalized spacial score (nSPS) is 11.7. The van der Waals surface area contributed by atoms with Gasteiger partial charge in [0.15, 0.2) is 23.0 Å². The molecule has 0 fully saturated rings. The van der Waals surface area contributed by atoms with Crippen LogP contribution >= 0.6 is 0 Å². The van der Waals surface area contributed by atoms with Crippen LogP contribution in [0.1, 0.15) is 38.3 Å². The van der Waals surface area contributed by atoms with Crippen LogP contribution in [0.25, 0.3) is 23.1 Å². The Morgan fingerprint density at radius 1 is 0.800 bits per heavy atom. The lowest BCUT2D eigenvalue weighted by molar-refractivity contribution is -0.145. The SMILES string of the molecule is COc1ccc(/C=C\c2cc(OC)c(OC)c(OC)c2)cc1OC(=O)c1cccc(Cn2cc(CCOC(=O)[C@H](N)Cc3cn(C)c4ccccc34)nn2)c1.